The van der Waals surface area contributed by atoms with Gasteiger partial charge in [-0.15, -0.1) is 22.9 Å². The van der Waals surface area contributed by atoms with Gasteiger partial charge in [0.1, 0.15) is 5.69 Å². The number of rotatable bonds is 3. The van der Waals surface area contributed by atoms with Gasteiger partial charge in [0.15, 0.2) is 5.82 Å². The lowest BCUT2D eigenvalue weighted by Gasteiger charge is -1.95. The highest BCUT2D eigenvalue weighted by molar-refractivity contribution is 7.09. The normalized spacial score (nSPS) is 13.0. The largest absolute Gasteiger partial charge is 0.332 e. The zero-order valence-corrected chi connectivity index (χ0v) is 9.97. The van der Waals surface area contributed by atoms with Crippen molar-refractivity contribution >= 4 is 22.9 Å². The average molecular weight is 244 g/mol. The summed E-state index contributed by atoms with van der Waals surface area (Å²) in [6.45, 7) is 3.91. The second-order valence-electron chi connectivity index (χ2n) is 3.09. The first-order valence-electron chi connectivity index (χ1n) is 4.61. The SMILES string of the molecule is CCC(Cl)c1noc(-c2csc(C)n2)n1. The van der Waals surface area contributed by atoms with E-state index in [9.17, 15) is 0 Å². The van der Waals surface area contributed by atoms with Gasteiger partial charge in [-0.2, -0.15) is 4.98 Å². The topological polar surface area (TPSA) is 51.8 Å². The summed E-state index contributed by atoms with van der Waals surface area (Å²) in [5, 5.41) is 6.49. The van der Waals surface area contributed by atoms with Gasteiger partial charge in [-0.1, -0.05) is 12.1 Å². The van der Waals surface area contributed by atoms with Crippen molar-refractivity contribution < 1.29 is 4.52 Å². The molecule has 80 valence electrons. The van der Waals surface area contributed by atoms with Crippen molar-refractivity contribution in [2.75, 3.05) is 0 Å². The quantitative estimate of drug-likeness (QED) is 0.777. The summed E-state index contributed by atoms with van der Waals surface area (Å²) < 4.78 is 5.09. The number of hydrogen-bond donors (Lipinski definition) is 0. The predicted molar refractivity (Wildman–Crippen MR) is 59.0 cm³/mol. The van der Waals surface area contributed by atoms with E-state index < -0.39 is 0 Å². The monoisotopic (exact) mass is 243 g/mol. The fourth-order valence-corrected chi connectivity index (χ4v) is 1.79. The molecule has 1 atom stereocenters. The number of halogens is 1. The van der Waals surface area contributed by atoms with Crippen LogP contribution in [0.15, 0.2) is 9.90 Å². The third-order valence-electron chi connectivity index (χ3n) is 1.92. The van der Waals surface area contributed by atoms with Crippen LogP contribution in [0.2, 0.25) is 0 Å². The van der Waals surface area contributed by atoms with Gasteiger partial charge in [-0.05, 0) is 13.3 Å². The summed E-state index contributed by atoms with van der Waals surface area (Å²) in [6, 6.07) is 0. The molecule has 0 saturated carbocycles. The first-order valence-corrected chi connectivity index (χ1v) is 5.92. The molecular formula is C9H10ClN3OS. The van der Waals surface area contributed by atoms with E-state index in [0.29, 0.717) is 11.7 Å². The highest BCUT2D eigenvalue weighted by Gasteiger charge is 2.16. The predicted octanol–water partition coefficient (Wildman–Crippen LogP) is 3.19. The number of nitrogens with zero attached hydrogens (tertiary/aromatic N) is 3. The number of thiazole rings is 1. The number of hydrogen-bond acceptors (Lipinski definition) is 5. The summed E-state index contributed by atoms with van der Waals surface area (Å²) in [7, 11) is 0. The van der Waals surface area contributed by atoms with E-state index in [0.717, 1.165) is 17.1 Å². The molecule has 1 unspecified atom stereocenters. The van der Waals surface area contributed by atoms with Crippen molar-refractivity contribution in [3.05, 3.63) is 16.2 Å². The molecule has 2 rings (SSSR count). The summed E-state index contributed by atoms with van der Waals surface area (Å²) in [6.07, 6.45) is 0.774. The van der Waals surface area contributed by atoms with Gasteiger partial charge in [-0.25, -0.2) is 4.98 Å². The Labute approximate surface area is 96.3 Å². The maximum atomic E-state index is 5.99. The highest BCUT2D eigenvalue weighted by atomic mass is 35.5. The Kier molecular flexibility index (Phi) is 3.02. The molecule has 0 radical (unpaired) electrons. The van der Waals surface area contributed by atoms with Crippen LogP contribution >= 0.6 is 22.9 Å². The van der Waals surface area contributed by atoms with Gasteiger partial charge in [-0.3, -0.25) is 0 Å². The molecular weight excluding hydrogens is 234 g/mol. The second kappa shape index (κ2) is 4.28. The molecule has 6 heteroatoms. The first kappa shape index (κ1) is 10.6. The minimum absolute atomic E-state index is 0.192. The lowest BCUT2D eigenvalue weighted by Crippen LogP contribution is -1.90. The molecule has 0 N–H and O–H groups in total. The Hall–Kier alpha value is -0.940. The van der Waals surface area contributed by atoms with Gasteiger partial charge in [0, 0.05) is 5.38 Å². The van der Waals surface area contributed by atoms with Crippen LogP contribution in [0.25, 0.3) is 11.6 Å². The van der Waals surface area contributed by atoms with Crippen molar-refractivity contribution in [1.82, 2.24) is 15.1 Å². The molecule has 0 aliphatic carbocycles. The van der Waals surface area contributed by atoms with E-state index >= 15 is 0 Å². The fraction of sp³-hybridized carbons (Fsp3) is 0.444. The summed E-state index contributed by atoms with van der Waals surface area (Å²) in [5.74, 6) is 0.966. The molecule has 2 aromatic rings. The molecule has 0 spiro atoms. The van der Waals surface area contributed by atoms with Crippen LogP contribution in [0, 0.1) is 6.92 Å². The van der Waals surface area contributed by atoms with E-state index in [1.54, 1.807) is 11.3 Å². The summed E-state index contributed by atoms with van der Waals surface area (Å²) in [4.78, 5) is 8.46. The molecule has 15 heavy (non-hydrogen) atoms. The molecule has 0 amide bonds. The zero-order valence-electron chi connectivity index (χ0n) is 8.40. The third kappa shape index (κ3) is 2.18. The van der Waals surface area contributed by atoms with Crippen molar-refractivity contribution in [3.8, 4) is 11.6 Å². The van der Waals surface area contributed by atoms with Gasteiger partial charge in [0.2, 0.25) is 0 Å². The Morgan fingerprint density at radius 1 is 1.53 bits per heavy atom. The van der Waals surface area contributed by atoms with E-state index in [-0.39, 0.29) is 5.38 Å². The second-order valence-corrected chi connectivity index (χ2v) is 4.67. The van der Waals surface area contributed by atoms with Crippen LogP contribution in [0.3, 0.4) is 0 Å². The average Bonchev–Trinajstić information content (AvgIpc) is 2.84. The van der Waals surface area contributed by atoms with Crippen LogP contribution in [0.5, 0.6) is 0 Å². The lowest BCUT2D eigenvalue weighted by atomic mass is 10.3. The zero-order chi connectivity index (χ0) is 10.8. The number of aryl methyl sites for hydroxylation is 1. The molecule has 0 aromatic carbocycles. The first-order chi connectivity index (χ1) is 7.20. The standard InChI is InChI=1S/C9H10ClN3OS/c1-3-6(10)8-12-9(14-13-8)7-4-15-5(2)11-7/h4,6H,3H2,1-2H3. The molecule has 0 aliphatic heterocycles. The number of aromatic nitrogens is 3. The fourth-order valence-electron chi connectivity index (χ4n) is 1.11. The van der Waals surface area contributed by atoms with Crippen molar-refractivity contribution in [2.24, 2.45) is 0 Å². The third-order valence-corrected chi connectivity index (χ3v) is 3.20. The maximum absolute atomic E-state index is 5.99. The Morgan fingerprint density at radius 2 is 2.33 bits per heavy atom. The number of alkyl halides is 1. The maximum Gasteiger partial charge on any atom is 0.277 e. The van der Waals surface area contributed by atoms with E-state index in [1.807, 2.05) is 19.2 Å². The van der Waals surface area contributed by atoms with Gasteiger partial charge in [0.05, 0.1) is 10.4 Å². The highest BCUT2D eigenvalue weighted by Crippen LogP contribution is 2.25. The van der Waals surface area contributed by atoms with Crippen molar-refractivity contribution in [3.63, 3.8) is 0 Å². The molecule has 2 aromatic heterocycles. The molecule has 0 fully saturated rings. The smallest absolute Gasteiger partial charge is 0.277 e. The minimum atomic E-state index is -0.192. The Balaban J connectivity index is 2.27. The molecule has 2 heterocycles. The Morgan fingerprint density at radius 3 is 2.93 bits per heavy atom. The van der Waals surface area contributed by atoms with Crippen LogP contribution in [-0.4, -0.2) is 15.1 Å². The molecule has 0 aliphatic rings. The minimum Gasteiger partial charge on any atom is -0.332 e. The Bertz CT molecular complexity index is 454. The molecule has 0 saturated heterocycles. The lowest BCUT2D eigenvalue weighted by molar-refractivity contribution is 0.420. The van der Waals surface area contributed by atoms with Crippen LogP contribution in [0.4, 0.5) is 0 Å². The van der Waals surface area contributed by atoms with Gasteiger partial charge >= 0.3 is 0 Å². The van der Waals surface area contributed by atoms with Crippen molar-refractivity contribution in [1.29, 1.82) is 0 Å². The van der Waals surface area contributed by atoms with E-state index in [2.05, 4.69) is 15.1 Å². The van der Waals surface area contributed by atoms with E-state index in [1.165, 1.54) is 0 Å². The van der Waals surface area contributed by atoms with Gasteiger partial charge in [0.25, 0.3) is 5.89 Å². The van der Waals surface area contributed by atoms with Gasteiger partial charge < -0.3 is 4.52 Å². The summed E-state index contributed by atoms with van der Waals surface area (Å²) in [5.41, 5.74) is 0.719. The summed E-state index contributed by atoms with van der Waals surface area (Å²) >= 11 is 7.54. The van der Waals surface area contributed by atoms with Crippen LogP contribution in [-0.2, 0) is 0 Å². The van der Waals surface area contributed by atoms with Crippen molar-refractivity contribution in [2.45, 2.75) is 25.6 Å². The van der Waals surface area contributed by atoms with E-state index in [4.69, 9.17) is 16.1 Å². The molecule has 4 nitrogen and oxygen atoms in total. The molecule has 0 bridgehead atoms. The van der Waals surface area contributed by atoms with Crippen LogP contribution < -0.4 is 0 Å². The van der Waals surface area contributed by atoms with Crippen LogP contribution in [0.1, 0.15) is 29.6 Å².